The third-order valence-corrected chi connectivity index (χ3v) is 5.16. The average Bonchev–Trinajstić information content (AvgIpc) is 2.46. The lowest BCUT2D eigenvalue weighted by molar-refractivity contribution is 0.102. The molecule has 0 aromatic heterocycles. The molecule has 3 N–H and O–H groups in total. The number of anilines is 1. The zero-order valence-corrected chi connectivity index (χ0v) is 14.8. The van der Waals surface area contributed by atoms with Crippen LogP contribution in [0, 0.1) is 13.8 Å². The van der Waals surface area contributed by atoms with Gasteiger partial charge in [-0.15, -0.1) is 0 Å². The van der Waals surface area contributed by atoms with Crippen LogP contribution in [0.2, 0.25) is 0 Å². The molecule has 0 saturated heterocycles. The topological polar surface area (TPSA) is 138 Å². The molecule has 0 radical (unpaired) electrons. The lowest BCUT2D eigenvalue weighted by Gasteiger charge is -2.10. The highest BCUT2D eigenvalue weighted by Crippen LogP contribution is 2.21. The minimum absolute atomic E-state index is 0.0402. The van der Waals surface area contributed by atoms with Gasteiger partial charge in [0.05, 0.1) is 9.79 Å². The monoisotopic (exact) mass is 385 g/mol. The van der Waals surface area contributed by atoms with E-state index in [0.29, 0.717) is 11.1 Å². The molecular formula is C15H15NO7S2. The highest BCUT2D eigenvalue weighted by molar-refractivity contribution is 7.86. The molecule has 0 bridgehead atoms. The van der Waals surface area contributed by atoms with Crippen molar-refractivity contribution in [3.05, 3.63) is 53.1 Å². The van der Waals surface area contributed by atoms with Crippen LogP contribution in [0.5, 0.6) is 0 Å². The Morgan fingerprint density at radius 2 is 1.56 bits per heavy atom. The predicted octanol–water partition coefficient (Wildman–Crippen LogP) is 2.05. The highest BCUT2D eigenvalue weighted by atomic mass is 32.2. The summed E-state index contributed by atoms with van der Waals surface area (Å²) in [5.41, 5.74) is 0.785. The van der Waals surface area contributed by atoms with Crippen LogP contribution < -0.4 is 5.32 Å². The minimum atomic E-state index is -4.48. The summed E-state index contributed by atoms with van der Waals surface area (Å²) in [6.07, 6.45) is 0. The number of benzene rings is 2. The Hall–Kier alpha value is -2.27. The Morgan fingerprint density at radius 1 is 0.920 bits per heavy atom. The second-order valence-corrected chi connectivity index (χ2v) is 8.23. The number of hydrogen-bond donors (Lipinski definition) is 3. The van der Waals surface area contributed by atoms with E-state index in [2.05, 4.69) is 5.32 Å². The fraction of sp³-hybridized carbons (Fsp3) is 0.133. The van der Waals surface area contributed by atoms with E-state index in [4.69, 9.17) is 4.55 Å². The zero-order valence-electron chi connectivity index (χ0n) is 13.2. The first-order valence-corrected chi connectivity index (χ1v) is 9.74. The van der Waals surface area contributed by atoms with Crippen molar-refractivity contribution in [3.63, 3.8) is 0 Å². The molecule has 0 aliphatic heterocycles. The second kappa shape index (κ2) is 6.56. The van der Waals surface area contributed by atoms with Gasteiger partial charge in [-0.25, -0.2) is 0 Å². The number of carbonyl (C=O) groups is 1. The molecule has 0 heterocycles. The molecule has 0 aliphatic carbocycles. The van der Waals surface area contributed by atoms with Gasteiger partial charge < -0.3 is 5.32 Å². The first-order valence-electron chi connectivity index (χ1n) is 6.86. The van der Waals surface area contributed by atoms with E-state index >= 15 is 0 Å². The summed E-state index contributed by atoms with van der Waals surface area (Å²) in [5, 5.41) is 2.41. The quantitative estimate of drug-likeness (QED) is 0.685. The number of hydrogen-bond acceptors (Lipinski definition) is 5. The zero-order chi connectivity index (χ0) is 19.0. The van der Waals surface area contributed by atoms with Crippen molar-refractivity contribution in [1.82, 2.24) is 0 Å². The molecule has 0 unspecified atom stereocenters. The Kier molecular flexibility index (Phi) is 5.00. The summed E-state index contributed by atoms with van der Waals surface area (Å²) in [5.74, 6) is -0.709. The number of amides is 1. The first kappa shape index (κ1) is 19.1. The van der Waals surface area contributed by atoms with Crippen molar-refractivity contribution < 1.29 is 30.7 Å². The van der Waals surface area contributed by atoms with Crippen molar-refractivity contribution >= 4 is 31.8 Å². The van der Waals surface area contributed by atoms with Crippen molar-refractivity contribution in [3.8, 4) is 0 Å². The maximum atomic E-state index is 12.3. The van der Waals surface area contributed by atoms with Crippen LogP contribution in [0.1, 0.15) is 21.5 Å². The van der Waals surface area contributed by atoms with E-state index in [-0.39, 0.29) is 16.1 Å². The van der Waals surface area contributed by atoms with E-state index in [0.717, 1.165) is 12.1 Å². The van der Waals surface area contributed by atoms with Gasteiger partial charge in [-0.3, -0.25) is 13.9 Å². The van der Waals surface area contributed by atoms with Crippen LogP contribution in [0.15, 0.2) is 46.2 Å². The summed E-state index contributed by atoms with van der Waals surface area (Å²) < 4.78 is 63.4. The van der Waals surface area contributed by atoms with Gasteiger partial charge in [0, 0.05) is 11.3 Å². The molecule has 0 saturated carbocycles. The largest absolute Gasteiger partial charge is 0.322 e. The minimum Gasteiger partial charge on any atom is -0.322 e. The summed E-state index contributed by atoms with van der Waals surface area (Å²) in [6, 6.07) is 7.52. The van der Waals surface area contributed by atoms with E-state index in [1.807, 2.05) is 0 Å². The van der Waals surface area contributed by atoms with Crippen LogP contribution in [0.3, 0.4) is 0 Å². The van der Waals surface area contributed by atoms with Crippen LogP contribution in [-0.4, -0.2) is 31.8 Å². The molecule has 2 rings (SSSR count). The van der Waals surface area contributed by atoms with E-state index in [1.54, 1.807) is 6.92 Å². The summed E-state index contributed by atoms with van der Waals surface area (Å²) in [6.45, 7) is 3.03. The molecule has 8 nitrogen and oxygen atoms in total. The standard InChI is InChI=1S/C15H15NO7S2/c1-9-5-11(7-13(6-9)24(18,19)20)15(17)16-12-4-3-10(2)14(8-12)25(21,22)23/h3-8H,1-2H3,(H,16,17)(H,18,19,20)(H,21,22,23). The molecular weight excluding hydrogens is 370 g/mol. The maximum Gasteiger partial charge on any atom is 0.294 e. The molecule has 0 aliphatic rings. The number of aryl methyl sites for hydroxylation is 2. The molecule has 10 heteroatoms. The molecule has 2 aromatic rings. The normalized spacial score (nSPS) is 12.0. The van der Waals surface area contributed by atoms with Gasteiger partial charge in [0.25, 0.3) is 26.1 Å². The van der Waals surface area contributed by atoms with E-state index in [1.165, 1.54) is 31.2 Å². The van der Waals surface area contributed by atoms with Crippen LogP contribution >= 0.6 is 0 Å². The lowest BCUT2D eigenvalue weighted by Crippen LogP contribution is -2.14. The number of carbonyl (C=O) groups excluding carboxylic acids is 1. The number of nitrogens with one attached hydrogen (secondary N) is 1. The van der Waals surface area contributed by atoms with Gasteiger partial charge in [0.15, 0.2) is 0 Å². The van der Waals surface area contributed by atoms with Crippen molar-refractivity contribution in [2.75, 3.05) is 5.32 Å². The Bertz CT molecular complexity index is 1060. The molecule has 25 heavy (non-hydrogen) atoms. The molecule has 2 aromatic carbocycles. The Morgan fingerprint density at radius 3 is 2.12 bits per heavy atom. The molecule has 134 valence electrons. The van der Waals surface area contributed by atoms with Crippen LogP contribution in [0.25, 0.3) is 0 Å². The van der Waals surface area contributed by atoms with Gasteiger partial charge in [-0.05, 0) is 55.3 Å². The first-order chi connectivity index (χ1) is 11.4. The molecule has 1 amide bonds. The molecule has 0 fully saturated rings. The summed E-state index contributed by atoms with van der Waals surface area (Å²) in [7, 11) is -8.93. The van der Waals surface area contributed by atoms with Gasteiger partial charge in [0.1, 0.15) is 0 Å². The second-order valence-electron chi connectivity index (χ2n) is 5.42. The van der Waals surface area contributed by atoms with Crippen molar-refractivity contribution in [2.24, 2.45) is 0 Å². The third-order valence-electron chi connectivity index (χ3n) is 3.33. The van der Waals surface area contributed by atoms with Crippen molar-refractivity contribution in [2.45, 2.75) is 23.6 Å². The maximum absolute atomic E-state index is 12.3. The highest BCUT2D eigenvalue weighted by Gasteiger charge is 2.17. The van der Waals surface area contributed by atoms with Crippen LogP contribution in [0.4, 0.5) is 5.69 Å². The summed E-state index contributed by atoms with van der Waals surface area (Å²) >= 11 is 0. The lowest BCUT2D eigenvalue weighted by atomic mass is 10.1. The SMILES string of the molecule is Cc1cc(C(=O)Nc2ccc(C)c(S(=O)(=O)O)c2)cc(S(=O)(=O)O)c1. The third kappa shape index (κ3) is 4.63. The smallest absolute Gasteiger partial charge is 0.294 e. The fourth-order valence-corrected chi connectivity index (χ4v) is 3.55. The molecule has 0 atom stereocenters. The predicted molar refractivity (Wildman–Crippen MR) is 89.9 cm³/mol. The number of rotatable bonds is 4. The van der Waals surface area contributed by atoms with E-state index in [9.17, 15) is 26.2 Å². The Labute approximate surface area is 145 Å². The van der Waals surface area contributed by atoms with Crippen molar-refractivity contribution in [1.29, 1.82) is 0 Å². The fourth-order valence-electron chi connectivity index (χ4n) is 2.19. The van der Waals surface area contributed by atoms with Gasteiger partial charge in [0.2, 0.25) is 0 Å². The van der Waals surface area contributed by atoms with Gasteiger partial charge in [-0.1, -0.05) is 6.07 Å². The van der Waals surface area contributed by atoms with E-state index < -0.39 is 31.0 Å². The Balaban J connectivity index is 2.40. The molecule has 0 spiro atoms. The van der Waals surface area contributed by atoms with Gasteiger partial charge in [-0.2, -0.15) is 16.8 Å². The van der Waals surface area contributed by atoms with Crippen LogP contribution in [-0.2, 0) is 20.2 Å². The van der Waals surface area contributed by atoms with Gasteiger partial charge >= 0.3 is 0 Å². The average molecular weight is 385 g/mol. The summed E-state index contributed by atoms with van der Waals surface area (Å²) in [4.78, 5) is 11.5.